The maximum Gasteiger partial charge on any atom is 0.0720 e. The van der Waals surface area contributed by atoms with E-state index in [0.717, 1.165) is 12.8 Å². The maximum atomic E-state index is 5.87. The average molecular weight is 254 g/mol. The molecule has 0 amide bonds. The van der Waals surface area contributed by atoms with Gasteiger partial charge in [-0.3, -0.25) is 0 Å². The lowest BCUT2D eigenvalue weighted by atomic mass is 10.1. The van der Waals surface area contributed by atoms with E-state index in [1.807, 2.05) is 6.07 Å². The molecule has 0 heterocycles. The molecule has 2 aromatic carbocycles. The van der Waals surface area contributed by atoms with Crippen LogP contribution in [0.1, 0.15) is 30.9 Å². The Morgan fingerprint density at radius 3 is 2.05 bits per heavy atom. The van der Waals surface area contributed by atoms with Crippen LogP contribution in [-0.2, 0) is 17.8 Å². The van der Waals surface area contributed by atoms with Gasteiger partial charge in [-0.15, -0.1) is 0 Å². The Hall–Kier alpha value is -1.60. The number of rotatable bonds is 7. The topological polar surface area (TPSA) is 9.23 Å². The Bertz CT molecular complexity index is 450. The molecule has 1 unspecified atom stereocenters. The summed E-state index contributed by atoms with van der Waals surface area (Å²) in [7, 11) is 0. The van der Waals surface area contributed by atoms with Crippen LogP contribution in [0.5, 0.6) is 0 Å². The zero-order valence-electron chi connectivity index (χ0n) is 11.6. The molecule has 0 aliphatic rings. The Morgan fingerprint density at radius 1 is 0.842 bits per heavy atom. The van der Waals surface area contributed by atoms with Crippen LogP contribution in [0.2, 0.25) is 0 Å². The Kier molecular flexibility index (Phi) is 5.64. The fraction of sp³-hybridized carbons (Fsp3) is 0.333. The van der Waals surface area contributed by atoms with Gasteiger partial charge in [0.2, 0.25) is 0 Å². The van der Waals surface area contributed by atoms with Crippen molar-refractivity contribution in [1.29, 1.82) is 0 Å². The van der Waals surface area contributed by atoms with E-state index < -0.39 is 0 Å². The quantitative estimate of drug-likeness (QED) is 0.701. The van der Waals surface area contributed by atoms with Crippen LogP contribution in [0.4, 0.5) is 0 Å². The third-order valence-electron chi connectivity index (χ3n) is 3.30. The molecule has 2 aromatic rings. The minimum atomic E-state index is 0.323. The zero-order valence-corrected chi connectivity index (χ0v) is 11.6. The summed E-state index contributed by atoms with van der Waals surface area (Å²) in [6.07, 6.45) is 3.76. The van der Waals surface area contributed by atoms with Crippen molar-refractivity contribution in [2.45, 2.75) is 38.9 Å². The predicted molar refractivity (Wildman–Crippen MR) is 80.1 cm³/mol. The second-order valence-electron chi connectivity index (χ2n) is 4.99. The minimum absolute atomic E-state index is 0.323. The summed E-state index contributed by atoms with van der Waals surface area (Å²) in [6.45, 7) is 2.88. The highest BCUT2D eigenvalue weighted by atomic mass is 16.5. The van der Waals surface area contributed by atoms with Gasteiger partial charge in [0, 0.05) is 0 Å². The van der Waals surface area contributed by atoms with Gasteiger partial charge in [-0.25, -0.2) is 0 Å². The number of benzene rings is 2. The summed E-state index contributed by atoms with van der Waals surface area (Å²) in [5, 5.41) is 0. The fourth-order valence-electron chi connectivity index (χ4n) is 2.13. The highest BCUT2D eigenvalue weighted by Gasteiger charge is 2.03. The van der Waals surface area contributed by atoms with Gasteiger partial charge < -0.3 is 4.74 Å². The van der Waals surface area contributed by atoms with Crippen molar-refractivity contribution < 1.29 is 4.74 Å². The second-order valence-corrected chi connectivity index (χ2v) is 4.99. The van der Waals surface area contributed by atoms with Crippen molar-refractivity contribution in [3.8, 4) is 0 Å². The molecule has 2 rings (SSSR count). The molecule has 0 aliphatic heterocycles. The van der Waals surface area contributed by atoms with Gasteiger partial charge in [0.05, 0.1) is 12.7 Å². The van der Waals surface area contributed by atoms with Gasteiger partial charge in [0.15, 0.2) is 0 Å². The molecule has 19 heavy (non-hydrogen) atoms. The smallest absolute Gasteiger partial charge is 0.0720 e. The first-order valence-electron chi connectivity index (χ1n) is 7.04. The van der Waals surface area contributed by atoms with Crippen LogP contribution in [0, 0.1) is 0 Å². The minimum Gasteiger partial charge on any atom is -0.374 e. The predicted octanol–water partition coefficient (Wildman–Crippen LogP) is 4.61. The standard InChI is InChI=1S/C18H22O/c1-16(19-15-18-12-6-3-7-13-18)9-8-14-17-10-4-2-5-11-17/h2-7,10-13,16H,8-9,14-15H2,1H3. The van der Waals surface area contributed by atoms with Crippen LogP contribution in [0.15, 0.2) is 60.7 Å². The molecule has 1 atom stereocenters. The van der Waals surface area contributed by atoms with Crippen LogP contribution in [0.25, 0.3) is 0 Å². The lowest BCUT2D eigenvalue weighted by Crippen LogP contribution is -2.08. The first kappa shape index (κ1) is 13.8. The molecule has 0 aromatic heterocycles. The monoisotopic (exact) mass is 254 g/mol. The SMILES string of the molecule is CC(CCCc1ccccc1)OCc1ccccc1. The molecule has 0 fully saturated rings. The molecule has 1 nitrogen and oxygen atoms in total. The molecule has 0 bridgehead atoms. The molecule has 0 N–H and O–H groups in total. The fourth-order valence-corrected chi connectivity index (χ4v) is 2.13. The van der Waals surface area contributed by atoms with E-state index in [-0.39, 0.29) is 0 Å². The van der Waals surface area contributed by atoms with Crippen LogP contribution in [-0.4, -0.2) is 6.10 Å². The normalized spacial score (nSPS) is 12.3. The molecule has 0 aliphatic carbocycles. The van der Waals surface area contributed by atoms with Gasteiger partial charge in [-0.05, 0) is 37.3 Å². The summed E-state index contributed by atoms with van der Waals surface area (Å²) in [6, 6.07) is 21.0. The molecule has 0 spiro atoms. The Balaban J connectivity index is 1.64. The van der Waals surface area contributed by atoms with E-state index in [1.54, 1.807) is 0 Å². The summed E-state index contributed by atoms with van der Waals surface area (Å²) in [5.41, 5.74) is 2.66. The van der Waals surface area contributed by atoms with Crippen LogP contribution < -0.4 is 0 Å². The Morgan fingerprint density at radius 2 is 1.42 bits per heavy atom. The molecule has 1 heteroatoms. The van der Waals surface area contributed by atoms with Gasteiger partial charge in [-0.2, -0.15) is 0 Å². The largest absolute Gasteiger partial charge is 0.374 e. The number of hydrogen-bond donors (Lipinski definition) is 0. The van der Waals surface area contributed by atoms with E-state index in [0.29, 0.717) is 12.7 Å². The van der Waals surface area contributed by atoms with Crippen molar-refractivity contribution in [3.63, 3.8) is 0 Å². The van der Waals surface area contributed by atoms with E-state index in [2.05, 4.69) is 61.5 Å². The van der Waals surface area contributed by atoms with Gasteiger partial charge >= 0.3 is 0 Å². The highest BCUT2D eigenvalue weighted by molar-refractivity contribution is 5.14. The van der Waals surface area contributed by atoms with Crippen molar-refractivity contribution >= 4 is 0 Å². The molecule has 0 saturated carbocycles. The van der Waals surface area contributed by atoms with Gasteiger partial charge in [-0.1, -0.05) is 60.7 Å². The van der Waals surface area contributed by atoms with E-state index >= 15 is 0 Å². The number of hydrogen-bond acceptors (Lipinski definition) is 1. The highest BCUT2D eigenvalue weighted by Crippen LogP contribution is 2.10. The second kappa shape index (κ2) is 7.75. The van der Waals surface area contributed by atoms with E-state index in [9.17, 15) is 0 Å². The van der Waals surface area contributed by atoms with Gasteiger partial charge in [0.25, 0.3) is 0 Å². The molecule has 0 radical (unpaired) electrons. The van der Waals surface area contributed by atoms with Crippen molar-refractivity contribution in [1.82, 2.24) is 0 Å². The van der Waals surface area contributed by atoms with Crippen molar-refractivity contribution in [3.05, 3.63) is 71.8 Å². The van der Waals surface area contributed by atoms with Crippen molar-refractivity contribution in [2.24, 2.45) is 0 Å². The third-order valence-corrected chi connectivity index (χ3v) is 3.30. The molecular weight excluding hydrogens is 232 g/mol. The first-order chi connectivity index (χ1) is 9.34. The summed E-state index contributed by atoms with van der Waals surface area (Å²) in [5.74, 6) is 0. The van der Waals surface area contributed by atoms with Crippen LogP contribution >= 0.6 is 0 Å². The lowest BCUT2D eigenvalue weighted by Gasteiger charge is -2.13. The van der Waals surface area contributed by atoms with Gasteiger partial charge in [0.1, 0.15) is 0 Å². The van der Waals surface area contributed by atoms with E-state index in [4.69, 9.17) is 4.74 Å². The average Bonchev–Trinajstić information content (AvgIpc) is 2.47. The third kappa shape index (κ3) is 5.27. The van der Waals surface area contributed by atoms with Crippen molar-refractivity contribution in [2.75, 3.05) is 0 Å². The summed E-state index contributed by atoms with van der Waals surface area (Å²) < 4.78 is 5.87. The number of ether oxygens (including phenoxy) is 1. The zero-order chi connectivity index (χ0) is 13.3. The summed E-state index contributed by atoms with van der Waals surface area (Å²) >= 11 is 0. The van der Waals surface area contributed by atoms with E-state index in [1.165, 1.54) is 17.5 Å². The molecule has 0 saturated heterocycles. The lowest BCUT2D eigenvalue weighted by molar-refractivity contribution is 0.0464. The maximum absolute atomic E-state index is 5.87. The van der Waals surface area contributed by atoms with Crippen LogP contribution in [0.3, 0.4) is 0 Å². The first-order valence-corrected chi connectivity index (χ1v) is 7.04. The molecular formula is C18H22O. The molecule has 100 valence electrons. The summed E-state index contributed by atoms with van der Waals surface area (Å²) in [4.78, 5) is 0. The number of aryl methyl sites for hydroxylation is 1. The Labute approximate surface area is 116 Å².